The van der Waals surface area contributed by atoms with Crippen LogP contribution in [0.5, 0.6) is 0 Å². The Kier molecular flexibility index (Phi) is 6.72. The Morgan fingerprint density at radius 1 is 0.762 bits per heavy atom. The third-order valence-corrected chi connectivity index (χ3v) is 17.8. The second kappa shape index (κ2) is 7.28. The Morgan fingerprint density at radius 2 is 1.10 bits per heavy atom. The van der Waals surface area contributed by atoms with Crippen LogP contribution >= 0.6 is 0 Å². The van der Waals surface area contributed by atoms with E-state index in [2.05, 4.69) is 65.3 Å². The molecule has 0 aliphatic carbocycles. The van der Waals surface area contributed by atoms with E-state index >= 15 is 0 Å². The molecule has 0 aromatic rings. The van der Waals surface area contributed by atoms with Crippen LogP contribution in [0.25, 0.3) is 0 Å². The molecular weight excluding hydrogens is 358 g/mol. The van der Waals surface area contributed by atoms with E-state index in [4.69, 9.17) is 0 Å². The van der Waals surface area contributed by atoms with Crippen molar-refractivity contribution in [2.75, 3.05) is 0 Å². The molecule has 0 amide bonds. The van der Waals surface area contributed by atoms with Gasteiger partial charge in [0.15, 0.2) is 0 Å². The van der Waals surface area contributed by atoms with E-state index in [0.29, 0.717) is 18.5 Å². The summed E-state index contributed by atoms with van der Waals surface area (Å²) < 4.78 is 3.86. The Hall–Kier alpha value is 0.344. The van der Waals surface area contributed by atoms with Crippen LogP contribution in [0.4, 0.5) is 0 Å². The fourth-order valence-corrected chi connectivity index (χ4v) is 17.6. The van der Waals surface area contributed by atoms with Gasteiger partial charge >= 0.3 is 139 Å². The van der Waals surface area contributed by atoms with Crippen molar-refractivity contribution in [3.63, 3.8) is 0 Å². The zero-order valence-corrected chi connectivity index (χ0v) is 19.1. The first-order valence-electron chi connectivity index (χ1n) is 9.07. The maximum absolute atomic E-state index is 2.67. The van der Waals surface area contributed by atoms with Gasteiger partial charge in [-0.15, -0.1) is 0 Å². The van der Waals surface area contributed by atoms with Gasteiger partial charge in [-0.1, -0.05) is 0 Å². The van der Waals surface area contributed by atoms with E-state index in [1.165, 1.54) is 12.8 Å². The molecule has 0 aromatic heterocycles. The summed E-state index contributed by atoms with van der Waals surface area (Å²) in [6, 6.07) is 0. The van der Waals surface area contributed by atoms with Gasteiger partial charge in [-0.2, -0.15) is 0 Å². The van der Waals surface area contributed by atoms with Crippen molar-refractivity contribution in [1.29, 1.82) is 0 Å². The Morgan fingerprint density at radius 3 is 1.29 bits per heavy atom. The van der Waals surface area contributed by atoms with E-state index in [1.807, 2.05) is 18.1 Å². The summed E-state index contributed by atoms with van der Waals surface area (Å²) in [7, 11) is 0. The van der Waals surface area contributed by atoms with E-state index < -0.39 is 18.4 Å². The van der Waals surface area contributed by atoms with Crippen LogP contribution < -0.4 is 0 Å². The summed E-state index contributed by atoms with van der Waals surface area (Å²) in [6.45, 7) is 20.1. The van der Waals surface area contributed by atoms with Crippen molar-refractivity contribution in [2.45, 2.75) is 83.9 Å². The molecule has 1 rings (SSSR count). The van der Waals surface area contributed by atoms with Crippen molar-refractivity contribution >= 4 is 25.1 Å². The van der Waals surface area contributed by atoms with Crippen molar-refractivity contribution < 1.29 is 0 Å². The molecule has 1 aliphatic heterocycles. The first-order valence-corrected chi connectivity index (χ1v) is 17.6. The maximum atomic E-state index is 2.67. The number of rotatable bonds is 5. The summed E-state index contributed by atoms with van der Waals surface area (Å²) in [4.78, 5) is 5.35. The quantitative estimate of drug-likeness (QED) is 0.467. The molecule has 0 saturated carbocycles. The van der Waals surface area contributed by atoms with E-state index in [-0.39, 0.29) is 0 Å². The van der Waals surface area contributed by atoms with Crippen molar-refractivity contribution in [1.82, 2.24) is 0 Å². The molecule has 2 heteroatoms. The van der Waals surface area contributed by atoms with E-state index in [1.54, 1.807) is 0 Å². The van der Waals surface area contributed by atoms with E-state index in [9.17, 15) is 0 Å². The summed E-state index contributed by atoms with van der Waals surface area (Å²) in [6.07, 6.45) is 2.57. The van der Waals surface area contributed by atoms with Crippen LogP contribution in [0.2, 0.25) is 15.7 Å². The second-order valence-electron chi connectivity index (χ2n) is 8.23. The van der Waals surface area contributed by atoms with Gasteiger partial charge < -0.3 is 0 Å². The monoisotopic (exact) mass is 396 g/mol. The predicted molar refractivity (Wildman–Crippen MR) is 103 cm³/mol. The average Bonchev–Trinajstić information content (AvgIpc) is 2.35. The molecular formula is C19H37BSn. The molecule has 0 aromatic carbocycles. The van der Waals surface area contributed by atoms with Crippen LogP contribution in [0.3, 0.4) is 0 Å². The summed E-state index contributed by atoms with van der Waals surface area (Å²) in [5.41, 5.74) is 3.68. The number of allylic oxidation sites excluding steroid dienone is 4. The molecule has 0 atom stereocenters. The standard InChI is InChI=1S/C17H31B.2CH3.Sn/c1-9-11-16(13(3)4)18(15(7)8)17(12-10-2)14(5)6;;;/h13-15H,9-10H2,1-8H3;2*1H3;. The van der Waals surface area contributed by atoms with Crippen LogP contribution in [-0.4, -0.2) is 25.1 Å². The van der Waals surface area contributed by atoms with Crippen LogP contribution in [0.15, 0.2) is 18.1 Å². The van der Waals surface area contributed by atoms with Crippen molar-refractivity contribution in [3.8, 4) is 0 Å². The molecule has 0 radical (unpaired) electrons. The van der Waals surface area contributed by atoms with Crippen molar-refractivity contribution in [2.24, 2.45) is 11.8 Å². The fraction of sp³-hybridized carbons (Fsp3) is 0.789. The first-order chi connectivity index (χ1) is 9.61. The molecule has 0 bridgehead atoms. The Bertz CT molecular complexity index is 402. The van der Waals surface area contributed by atoms with Gasteiger partial charge in [0.05, 0.1) is 0 Å². The van der Waals surface area contributed by atoms with Crippen LogP contribution in [0.1, 0.15) is 68.2 Å². The molecule has 0 unspecified atom stereocenters. The zero-order valence-electron chi connectivity index (χ0n) is 16.2. The van der Waals surface area contributed by atoms with Crippen LogP contribution in [-0.2, 0) is 0 Å². The molecule has 0 N–H and O–H groups in total. The Labute approximate surface area is 138 Å². The topological polar surface area (TPSA) is 0 Å². The van der Waals surface area contributed by atoms with Gasteiger partial charge in [-0.25, -0.2) is 0 Å². The average molecular weight is 395 g/mol. The minimum absolute atomic E-state index is 0.704. The molecule has 1 heterocycles. The number of hydrogen-bond donors (Lipinski definition) is 0. The zero-order chi connectivity index (χ0) is 16.5. The fourth-order valence-electron chi connectivity index (χ4n) is 4.87. The molecule has 0 nitrogen and oxygen atoms in total. The van der Waals surface area contributed by atoms with Gasteiger partial charge in [-0.3, -0.25) is 0 Å². The molecule has 1 aliphatic rings. The van der Waals surface area contributed by atoms with Gasteiger partial charge in [0.2, 0.25) is 0 Å². The van der Waals surface area contributed by atoms with Gasteiger partial charge in [0.1, 0.15) is 0 Å². The Balaban J connectivity index is 3.72. The van der Waals surface area contributed by atoms with Gasteiger partial charge in [0.25, 0.3) is 0 Å². The second-order valence-corrected chi connectivity index (χ2v) is 21.0. The third-order valence-electron chi connectivity index (χ3n) is 5.49. The van der Waals surface area contributed by atoms with Gasteiger partial charge in [-0.05, 0) is 0 Å². The van der Waals surface area contributed by atoms with Crippen molar-refractivity contribution in [3.05, 3.63) is 18.1 Å². The molecule has 120 valence electrons. The normalized spacial score (nSPS) is 19.6. The van der Waals surface area contributed by atoms with E-state index in [0.717, 1.165) is 5.82 Å². The minimum atomic E-state index is -2.29. The summed E-state index contributed by atoms with van der Waals surface area (Å²) in [5, 5.41) is 0. The number of hydrogen-bond acceptors (Lipinski definition) is 0. The SMILES string of the molecule is CC[C]1=C(C(C)C)B(C(C)C)C(C(C)C)=[C](CC)[Sn]1([CH3])[CH3]. The summed E-state index contributed by atoms with van der Waals surface area (Å²) >= 11 is -2.29. The molecule has 0 spiro atoms. The first kappa shape index (κ1) is 19.4. The van der Waals surface area contributed by atoms with Gasteiger partial charge in [0, 0.05) is 0 Å². The predicted octanol–water partition coefficient (Wildman–Crippen LogP) is 6.50. The summed E-state index contributed by atoms with van der Waals surface area (Å²) in [5.74, 6) is 2.14. The molecule has 21 heavy (non-hydrogen) atoms. The molecule has 0 fully saturated rings. The molecule has 0 saturated heterocycles. The third kappa shape index (κ3) is 3.48. The van der Waals surface area contributed by atoms with Crippen LogP contribution in [0, 0.1) is 11.8 Å².